The maximum Gasteiger partial charge on any atom is 0.350 e. The molecule has 0 aliphatic heterocycles. The molecule has 0 aromatic heterocycles. The molecule has 0 bridgehead atoms. The van der Waals surface area contributed by atoms with Crippen molar-refractivity contribution in [2.75, 3.05) is 0 Å². The lowest BCUT2D eigenvalue weighted by Gasteiger charge is -2.20. The fraction of sp³-hybridized carbons (Fsp3) is 0.529. The van der Waals surface area contributed by atoms with Crippen molar-refractivity contribution in [2.45, 2.75) is 52.2 Å². The van der Waals surface area contributed by atoms with Gasteiger partial charge in [0.2, 0.25) is 5.60 Å². The Bertz CT molecular complexity index is 509. The summed E-state index contributed by atoms with van der Waals surface area (Å²) in [5.74, 6) is -0.808. The van der Waals surface area contributed by atoms with Gasteiger partial charge in [0.15, 0.2) is 0 Å². The number of hydrogen-bond acceptors (Lipinski definition) is 4. The van der Waals surface area contributed by atoms with Crippen LogP contribution >= 0.6 is 0 Å². The minimum Gasteiger partial charge on any atom is -0.478 e. The summed E-state index contributed by atoms with van der Waals surface area (Å²) in [6, 6.07) is 9.59. The van der Waals surface area contributed by atoms with Crippen molar-refractivity contribution in [3.05, 3.63) is 35.9 Å². The largest absolute Gasteiger partial charge is 0.478 e. The monoisotopic (exact) mass is 307 g/mol. The highest BCUT2D eigenvalue weighted by Crippen LogP contribution is 2.14. The van der Waals surface area contributed by atoms with Crippen LogP contribution in [0, 0.1) is 5.92 Å². The van der Waals surface area contributed by atoms with Crippen molar-refractivity contribution < 1.29 is 19.8 Å². The second kappa shape index (κ2) is 7.94. The molecule has 0 aliphatic rings. The third kappa shape index (κ3) is 5.85. The second-order valence-electron chi connectivity index (χ2n) is 6.30. The van der Waals surface area contributed by atoms with E-state index in [0.717, 1.165) is 5.56 Å². The van der Waals surface area contributed by atoms with Gasteiger partial charge in [-0.1, -0.05) is 49.3 Å². The number of hydrogen-bond donors (Lipinski definition) is 2. The number of nitrogens with zero attached hydrogens (tertiary/aromatic N) is 1. The normalized spacial score (nSPS) is 14.0. The molecule has 5 heteroatoms. The Balaban J connectivity index is 2.93. The molecule has 1 aromatic rings. The van der Waals surface area contributed by atoms with Gasteiger partial charge in [-0.3, -0.25) is 0 Å². The molecule has 0 saturated heterocycles. The zero-order valence-corrected chi connectivity index (χ0v) is 13.6. The first-order valence-electron chi connectivity index (χ1n) is 7.42. The number of aliphatic carboxylic acids is 1. The van der Waals surface area contributed by atoms with Crippen molar-refractivity contribution in [1.29, 1.82) is 0 Å². The highest BCUT2D eigenvalue weighted by molar-refractivity contribution is 5.90. The van der Waals surface area contributed by atoms with Crippen LogP contribution in [-0.4, -0.2) is 33.6 Å². The van der Waals surface area contributed by atoms with E-state index in [1.54, 1.807) is 0 Å². The van der Waals surface area contributed by atoms with Gasteiger partial charge >= 0.3 is 5.97 Å². The zero-order valence-electron chi connectivity index (χ0n) is 13.6. The van der Waals surface area contributed by atoms with Crippen molar-refractivity contribution in [3.63, 3.8) is 0 Å². The molecule has 0 radical (unpaired) electrons. The van der Waals surface area contributed by atoms with Gasteiger partial charge < -0.3 is 15.1 Å². The quantitative estimate of drug-likeness (QED) is 0.572. The zero-order chi connectivity index (χ0) is 16.8. The average molecular weight is 307 g/mol. The Kier molecular flexibility index (Phi) is 6.56. The van der Waals surface area contributed by atoms with Crippen LogP contribution in [-0.2, 0) is 16.1 Å². The Labute approximate surface area is 131 Å². The number of aliphatic hydroxyl groups excluding tert-OH is 1. The molecular weight excluding hydrogens is 282 g/mol. The second-order valence-corrected chi connectivity index (χ2v) is 6.30. The van der Waals surface area contributed by atoms with E-state index in [2.05, 4.69) is 5.16 Å². The highest BCUT2D eigenvalue weighted by atomic mass is 16.7. The molecular formula is C17H25NO4. The first kappa shape index (κ1) is 18.2. The molecule has 22 heavy (non-hydrogen) atoms. The molecule has 5 nitrogen and oxygen atoms in total. The maximum atomic E-state index is 11.1. The van der Waals surface area contributed by atoms with Crippen LogP contribution in [0.4, 0.5) is 0 Å². The molecule has 1 aromatic carbocycles. The van der Waals surface area contributed by atoms with E-state index < -0.39 is 17.7 Å². The summed E-state index contributed by atoms with van der Waals surface area (Å²) in [5, 5.41) is 23.3. The summed E-state index contributed by atoms with van der Waals surface area (Å²) in [6.07, 6.45) is 0.206. The molecule has 122 valence electrons. The molecule has 0 amide bonds. The van der Waals surface area contributed by atoms with E-state index in [1.165, 1.54) is 13.8 Å². The average Bonchev–Trinajstić information content (AvgIpc) is 2.43. The fourth-order valence-electron chi connectivity index (χ4n) is 1.81. The Morgan fingerprint density at radius 3 is 2.36 bits per heavy atom. The smallest absolute Gasteiger partial charge is 0.350 e. The van der Waals surface area contributed by atoms with E-state index in [4.69, 9.17) is 9.94 Å². The molecule has 1 atom stereocenters. The third-order valence-electron chi connectivity index (χ3n) is 3.21. The first-order valence-corrected chi connectivity index (χ1v) is 7.42. The van der Waals surface area contributed by atoms with Gasteiger partial charge in [-0.2, -0.15) is 0 Å². The van der Waals surface area contributed by atoms with Gasteiger partial charge in [-0.05, 0) is 31.7 Å². The van der Waals surface area contributed by atoms with E-state index >= 15 is 0 Å². The molecule has 1 unspecified atom stereocenters. The molecule has 1 rings (SSSR count). The highest BCUT2D eigenvalue weighted by Gasteiger charge is 2.30. The minimum atomic E-state index is -1.43. The van der Waals surface area contributed by atoms with Crippen LogP contribution in [0.25, 0.3) is 0 Å². The summed E-state index contributed by atoms with van der Waals surface area (Å²) >= 11 is 0. The van der Waals surface area contributed by atoms with Crippen LogP contribution in [0.1, 0.15) is 39.7 Å². The van der Waals surface area contributed by atoms with Gasteiger partial charge in [0.1, 0.15) is 0 Å². The lowest BCUT2D eigenvalue weighted by atomic mass is 9.98. The van der Waals surface area contributed by atoms with E-state index in [-0.39, 0.29) is 0 Å². The number of carboxylic acid groups (broad SMARTS) is 1. The number of benzene rings is 1. The third-order valence-corrected chi connectivity index (χ3v) is 3.21. The number of carbonyl (C=O) groups is 1. The van der Waals surface area contributed by atoms with Crippen LogP contribution in [0.5, 0.6) is 0 Å². The number of aliphatic hydroxyl groups is 1. The predicted octanol–water partition coefficient (Wildman–Crippen LogP) is 2.87. The van der Waals surface area contributed by atoms with Gasteiger partial charge in [0, 0.05) is 6.42 Å². The van der Waals surface area contributed by atoms with Gasteiger partial charge in [0.25, 0.3) is 0 Å². The van der Waals surface area contributed by atoms with Crippen LogP contribution < -0.4 is 0 Å². The molecule has 0 saturated carbocycles. The predicted molar refractivity (Wildman–Crippen MR) is 85.8 cm³/mol. The van der Waals surface area contributed by atoms with E-state index in [0.29, 0.717) is 24.5 Å². The summed E-state index contributed by atoms with van der Waals surface area (Å²) in [6.45, 7) is 6.86. The van der Waals surface area contributed by atoms with E-state index in [9.17, 15) is 9.90 Å². The maximum absolute atomic E-state index is 11.1. The lowest BCUT2D eigenvalue weighted by Crippen LogP contribution is -2.34. The Morgan fingerprint density at radius 1 is 1.27 bits per heavy atom. The Hall–Kier alpha value is -1.88. The lowest BCUT2D eigenvalue weighted by molar-refractivity contribution is -0.161. The first-order chi connectivity index (χ1) is 10.2. The topological polar surface area (TPSA) is 79.1 Å². The van der Waals surface area contributed by atoms with Gasteiger partial charge in [0.05, 0.1) is 11.8 Å². The molecule has 0 fully saturated rings. The molecule has 0 spiro atoms. The Morgan fingerprint density at radius 2 is 1.86 bits per heavy atom. The number of carboxylic acids is 1. The van der Waals surface area contributed by atoms with Gasteiger partial charge in [-0.15, -0.1) is 0 Å². The van der Waals surface area contributed by atoms with Crippen molar-refractivity contribution >= 4 is 11.7 Å². The standard InChI is InChI=1S/C17H25NO4/c1-12(2)10-15(19)14(11-13-8-6-5-7-9-13)18-22-17(3,4)16(20)21/h5-9,12,15,19H,10-11H2,1-4H3,(H,20,21)/b18-14-. The molecule has 2 N–H and O–H groups in total. The van der Waals surface area contributed by atoms with Crippen molar-refractivity contribution in [1.82, 2.24) is 0 Å². The summed E-state index contributed by atoms with van der Waals surface area (Å²) in [4.78, 5) is 16.2. The van der Waals surface area contributed by atoms with Crippen LogP contribution in [0.15, 0.2) is 35.5 Å². The van der Waals surface area contributed by atoms with Gasteiger partial charge in [-0.25, -0.2) is 4.79 Å². The summed E-state index contributed by atoms with van der Waals surface area (Å²) in [5.41, 5.74) is -0.00513. The van der Waals surface area contributed by atoms with Crippen LogP contribution in [0.2, 0.25) is 0 Å². The summed E-state index contributed by atoms with van der Waals surface area (Å²) < 4.78 is 0. The molecule has 0 heterocycles. The van der Waals surface area contributed by atoms with Crippen molar-refractivity contribution in [3.8, 4) is 0 Å². The SMILES string of the molecule is CC(C)CC(O)/C(Cc1ccccc1)=N\OC(C)(C)C(=O)O. The van der Waals surface area contributed by atoms with E-state index in [1.807, 2.05) is 44.2 Å². The van der Waals surface area contributed by atoms with Crippen LogP contribution in [0.3, 0.4) is 0 Å². The number of rotatable bonds is 8. The molecule has 0 aliphatic carbocycles. The minimum absolute atomic E-state index is 0.295. The summed E-state index contributed by atoms with van der Waals surface area (Å²) in [7, 11) is 0. The number of oxime groups is 1. The fourth-order valence-corrected chi connectivity index (χ4v) is 1.81. The van der Waals surface area contributed by atoms with Crippen molar-refractivity contribution in [2.24, 2.45) is 11.1 Å².